The van der Waals surface area contributed by atoms with Crippen LogP contribution in [0.1, 0.15) is 24.2 Å². The predicted molar refractivity (Wildman–Crippen MR) is 119 cm³/mol. The Hall–Kier alpha value is -2.20. The zero-order chi connectivity index (χ0) is 19.1. The number of hydrogen-bond acceptors (Lipinski definition) is 5. The summed E-state index contributed by atoms with van der Waals surface area (Å²) in [5.41, 5.74) is 1.84. The van der Waals surface area contributed by atoms with Crippen molar-refractivity contribution in [3.8, 4) is 17.2 Å². The maximum atomic E-state index is 10.4. The van der Waals surface area contributed by atoms with E-state index in [1.807, 2.05) is 49.4 Å². The second-order valence-electron chi connectivity index (χ2n) is 6.05. The molecule has 152 valence electrons. The van der Waals surface area contributed by atoms with Gasteiger partial charge in [-0.05, 0) is 42.3 Å². The molecule has 1 atom stereocenters. The third-order valence-corrected chi connectivity index (χ3v) is 4.16. The molecule has 0 saturated carbocycles. The number of aliphatic hydroxyl groups excluding tert-OH is 1. The Balaban J connectivity index is 0.00000280. The molecule has 0 bridgehead atoms. The van der Waals surface area contributed by atoms with Crippen LogP contribution in [0.25, 0.3) is 0 Å². The number of hydrogen-bond donors (Lipinski definition) is 3. The molecular weight excluding hydrogens is 473 g/mol. The minimum absolute atomic E-state index is 0. The summed E-state index contributed by atoms with van der Waals surface area (Å²) in [7, 11) is 1.62. The van der Waals surface area contributed by atoms with Gasteiger partial charge in [-0.1, -0.05) is 18.2 Å². The third-order valence-electron chi connectivity index (χ3n) is 4.16. The van der Waals surface area contributed by atoms with Crippen molar-refractivity contribution in [2.75, 3.05) is 27.0 Å². The number of methoxy groups -OCH3 is 1. The lowest BCUT2D eigenvalue weighted by Gasteiger charge is -2.16. The molecule has 1 aliphatic rings. The van der Waals surface area contributed by atoms with E-state index in [0.29, 0.717) is 19.0 Å². The van der Waals surface area contributed by atoms with Gasteiger partial charge in [0.25, 0.3) is 0 Å². The SMILES string of the molecule is CCNC(=NCc1ccc2c(c1)OCO2)NCC(O)c1ccc(OC)cc1.I. The molecule has 7 nitrogen and oxygen atoms in total. The monoisotopic (exact) mass is 499 g/mol. The Labute approximate surface area is 182 Å². The van der Waals surface area contributed by atoms with Gasteiger partial charge in [0, 0.05) is 13.1 Å². The molecule has 0 fully saturated rings. The van der Waals surface area contributed by atoms with Crippen molar-refractivity contribution in [1.82, 2.24) is 10.6 Å². The zero-order valence-corrected chi connectivity index (χ0v) is 18.3. The first-order chi connectivity index (χ1) is 13.2. The topological polar surface area (TPSA) is 84.3 Å². The molecule has 1 aliphatic heterocycles. The second-order valence-corrected chi connectivity index (χ2v) is 6.05. The standard InChI is InChI=1S/C20H25N3O4.HI/c1-3-21-20(22-11-14-4-9-18-19(10-14)27-13-26-18)23-12-17(24)15-5-7-16(25-2)8-6-15;/h4-10,17,24H,3,11-13H2,1-2H3,(H2,21,22,23);1H. The molecule has 3 rings (SSSR count). The molecule has 0 aliphatic carbocycles. The van der Waals surface area contributed by atoms with E-state index in [-0.39, 0.29) is 30.8 Å². The number of nitrogens with zero attached hydrogens (tertiary/aromatic N) is 1. The maximum absolute atomic E-state index is 10.4. The van der Waals surface area contributed by atoms with E-state index in [0.717, 1.165) is 34.9 Å². The molecule has 0 spiro atoms. The minimum atomic E-state index is -0.648. The number of guanidine groups is 1. The van der Waals surface area contributed by atoms with Crippen molar-refractivity contribution in [2.45, 2.75) is 19.6 Å². The van der Waals surface area contributed by atoms with Crippen molar-refractivity contribution < 1.29 is 19.3 Å². The minimum Gasteiger partial charge on any atom is -0.497 e. The van der Waals surface area contributed by atoms with Crippen LogP contribution in [0.15, 0.2) is 47.5 Å². The van der Waals surface area contributed by atoms with Gasteiger partial charge in [0.2, 0.25) is 6.79 Å². The summed E-state index contributed by atoms with van der Waals surface area (Å²) in [4.78, 5) is 4.57. The highest BCUT2D eigenvalue weighted by Crippen LogP contribution is 2.32. The van der Waals surface area contributed by atoms with Gasteiger partial charge in [0.1, 0.15) is 5.75 Å². The number of aliphatic imine (C=N–C) groups is 1. The molecule has 1 heterocycles. The van der Waals surface area contributed by atoms with Crippen LogP contribution in [0.5, 0.6) is 17.2 Å². The van der Waals surface area contributed by atoms with Gasteiger partial charge in [-0.25, -0.2) is 4.99 Å². The van der Waals surface area contributed by atoms with Crippen molar-refractivity contribution >= 4 is 29.9 Å². The van der Waals surface area contributed by atoms with E-state index < -0.39 is 6.10 Å². The van der Waals surface area contributed by atoms with Crippen LogP contribution >= 0.6 is 24.0 Å². The smallest absolute Gasteiger partial charge is 0.231 e. The summed E-state index contributed by atoms with van der Waals surface area (Å²) in [6, 6.07) is 13.1. The largest absolute Gasteiger partial charge is 0.497 e. The number of aliphatic hydroxyl groups is 1. The van der Waals surface area contributed by atoms with Crippen LogP contribution < -0.4 is 24.8 Å². The fourth-order valence-electron chi connectivity index (χ4n) is 2.69. The first-order valence-corrected chi connectivity index (χ1v) is 8.92. The highest BCUT2D eigenvalue weighted by Gasteiger charge is 2.13. The predicted octanol–water partition coefficient (Wildman–Crippen LogP) is 2.83. The van der Waals surface area contributed by atoms with Crippen LogP contribution in [0.4, 0.5) is 0 Å². The first-order valence-electron chi connectivity index (χ1n) is 8.92. The van der Waals surface area contributed by atoms with Crippen LogP contribution in [0, 0.1) is 0 Å². The summed E-state index contributed by atoms with van der Waals surface area (Å²) >= 11 is 0. The molecule has 0 amide bonds. The van der Waals surface area contributed by atoms with Gasteiger partial charge in [-0.3, -0.25) is 0 Å². The van der Waals surface area contributed by atoms with Gasteiger partial charge in [0.05, 0.1) is 19.8 Å². The Morgan fingerprint density at radius 1 is 1.14 bits per heavy atom. The van der Waals surface area contributed by atoms with E-state index in [2.05, 4.69) is 15.6 Å². The molecule has 2 aromatic carbocycles. The summed E-state index contributed by atoms with van der Waals surface area (Å²) in [6.45, 7) is 3.82. The number of nitrogens with one attached hydrogen (secondary N) is 2. The maximum Gasteiger partial charge on any atom is 0.231 e. The van der Waals surface area contributed by atoms with Crippen LogP contribution in [-0.2, 0) is 6.54 Å². The van der Waals surface area contributed by atoms with Crippen LogP contribution in [-0.4, -0.2) is 38.1 Å². The zero-order valence-electron chi connectivity index (χ0n) is 16.0. The van der Waals surface area contributed by atoms with Crippen LogP contribution in [0.2, 0.25) is 0 Å². The van der Waals surface area contributed by atoms with Crippen molar-refractivity contribution in [3.63, 3.8) is 0 Å². The van der Waals surface area contributed by atoms with E-state index >= 15 is 0 Å². The highest BCUT2D eigenvalue weighted by atomic mass is 127. The van der Waals surface area contributed by atoms with Gasteiger partial charge in [0.15, 0.2) is 17.5 Å². The Morgan fingerprint density at radius 2 is 1.89 bits per heavy atom. The van der Waals surface area contributed by atoms with Crippen molar-refractivity contribution in [2.24, 2.45) is 4.99 Å². The molecule has 8 heteroatoms. The average molecular weight is 499 g/mol. The van der Waals surface area contributed by atoms with E-state index in [9.17, 15) is 5.11 Å². The fourth-order valence-corrected chi connectivity index (χ4v) is 2.69. The molecule has 0 aromatic heterocycles. The van der Waals surface area contributed by atoms with Gasteiger partial charge < -0.3 is 30.0 Å². The van der Waals surface area contributed by atoms with E-state index in [4.69, 9.17) is 14.2 Å². The molecule has 2 aromatic rings. The highest BCUT2D eigenvalue weighted by molar-refractivity contribution is 14.0. The Bertz CT molecular complexity index is 784. The lowest BCUT2D eigenvalue weighted by molar-refractivity contribution is 0.174. The number of benzene rings is 2. The summed E-state index contributed by atoms with van der Waals surface area (Å²) in [6.07, 6.45) is -0.648. The first kappa shape index (κ1) is 22.1. The number of halogens is 1. The van der Waals surface area contributed by atoms with Gasteiger partial charge >= 0.3 is 0 Å². The van der Waals surface area contributed by atoms with Crippen molar-refractivity contribution in [1.29, 1.82) is 0 Å². The fraction of sp³-hybridized carbons (Fsp3) is 0.350. The lowest BCUT2D eigenvalue weighted by Crippen LogP contribution is -2.39. The molecule has 0 saturated heterocycles. The number of fused-ring (bicyclic) bond motifs is 1. The van der Waals surface area contributed by atoms with E-state index in [1.165, 1.54) is 0 Å². The molecule has 3 N–H and O–H groups in total. The van der Waals surface area contributed by atoms with Gasteiger partial charge in [-0.2, -0.15) is 0 Å². The molecule has 1 unspecified atom stereocenters. The lowest BCUT2D eigenvalue weighted by atomic mass is 10.1. The quantitative estimate of drug-likeness (QED) is 0.309. The normalized spacial score (nSPS) is 13.5. The summed E-state index contributed by atoms with van der Waals surface area (Å²) < 4.78 is 15.9. The molecular formula is C20H26IN3O4. The second kappa shape index (κ2) is 11.0. The molecule has 28 heavy (non-hydrogen) atoms. The molecule has 0 radical (unpaired) electrons. The van der Waals surface area contributed by atoms with Crippen molar-refractivity contribution in [3.05, 3.63) is 53.6 Å². The van der Waals surface area contributed by atoms with Gasteiger partial charge in [-0.15, -0.1) is 24.0 Å². The average Bonchev–Trinajstić information content (AvgIpc) is 3.17. The van der Waals surface area contributed by atoms with Crippen LogP contribution in [0.3, 0.4) is 0 Å². The third kappa shape index (κ3) is 5.90. The summed E-state index contributed by atoms with van der Waals surface area (Å²) in [5, 5.41) is 16.7. The van der Waals surface area contributed by atoms with E-state index in [1.54, 1.807) is 7.11 Å². The summed E-state index contributed by atoms with van der Waals surface area (Å²) in [5.74, 6) is 2.91. The Morgan fingerprint density at radius 3 is 2.61 bits per heavy atom. The number of rotatable bonds is 7. The number of ether oxygens (including phenoxy) is 3. The Kier molecular flexibility index (Phi) is 8.65.